The quantitative estimate of drug-likeness (QED) is 0.893. The molecule has 0 aliphatic carbocycles. The Morgan fingerprint density at radius 2 is 2.21 bits per heavy atom. The molecule has 1 aromatic heterocycles. The van der Waals surface area contributed by atoms with Crippen molar-refractivity contribution >= 4 is 33.2 Å². The Balaban J connectivity index is 2.06. The van der Waals surface area contributed by atoms with Gasteiger partial charge in [-0.1, -0.05) is 25.4 Å². The minimum atomic E-state index is 0.540. The molecule has 6 heteroatoms. The SMILES string of the molecule is CC(C)Cn1ncnc1CNc1cc(Cl)ccc1Br. The normalized spacial score (nSPS) is 11.0. The molecule has 2 aromatic rings. The molecule has 102 valence electrons. The highest BCUT2D eigenvalue weighted by Gasteiger charge is 2.07. The number of halogens is 2. The van der Waals surface area contributed by atoms with Crippen LogP contribution in [-0.2, 0) is 13.1 Å². The lowest BCUT2D eigenvalue weighted by Crippen LogP contribution is -2.13. The van der Waals surface area contributed by atoms with Gasteiger partial charge in [-0.3, -0.25) is 0 Å². The van der Waals surface area contributed by atoms with Gasteiger partial charge in [0, 0.05) is 16.0 Å². The molecule has 0 atom stereocenters. The molecular formula is C13H16BrClN4. The van der Waals surface area contributed by atoms with E-state index in [9.17, 15) is 0 Å². The van der Waals surface area contributed by atoms with Gasteiger partial charge in [-0.2, -0.15) is 5.10 Å². The largest absolute Gasteiger partial charge is 0.377 e. The Hall–Kier alpha value is -1.07. The van der Waals surface area contributed by atoms with Gasteiger partial charge in [-0.25, -0.2) is 9.67 Å². The van der Waals surface area contributed by atoms with E-state index in [4.69, 9.17) is 11.6 Å². The van der Waals surface area contributed by atoms with Gasteiger partial charge < -0.3 is 5.32 Å². The van der Waals surface area contributed by atoms with Crippen molar-refractivity contribution in [2.75, 3.05) is 5.32 Å². The summed E-state index contributed by atoms with van der Waals surface area (Å²) in [5.41, 5.74) is 0.951. The second-order valence-corrected chi connectivity index (χ2v) is 6.02. The fourth-order valence-corrected chi connectivity index (χ4v) is 2.29. The van der Waals surface area contributed by atoms with Crippen molar-refractivity contribution in [1.82, 2.24) is 14.8 Å². The molecule has 19 heavy (non-hydrogen) atoms. The molecule has 0 unspecified atom stereocenters. The molecular weight excluding hydrogens is 328 g/mol. The number of hydrogen-bond donors (Lipinski definition) is 1. The van der Waals surface area contributed by atoms with Crippen LogP contribution in [0.1, 0.15) is 19.7 Å². The highest BCUT2D eigenvalue weighted by molar-refractivity contribution is 9.10. The molecule has 4 nitrogen and oxygen atoms in total. The van der Waals surface area contributed by atoms with Crippen molar-refractivity contribution in [2.24, 2.45) is 5.92 Å². The summed E-state index contributed by atoms with van der Waals surface area (Å²) in [6.07, 6.45) is 1.59. The number of benzene rings is 1. The van der Waals surface area contributed by atoms with Crippen LogP contribution in [0.25, 0.3) is 0 Å². The lowest BCUT2D eigenvalue weighted by atomic mass is 10.2. The Kier molecular flexibility index (Phi) is 4.82. The van der Waals surface area contributed by atoms with E-state index in [2.05, 4.69) is 45.2 Å². The van der Waals surface area contributed by atoms with Crippen LogP contribution in [0.2, 0.25) is 5.02 Å². The topological polar surface area (TPSA) is 42.7 Å². The van der Waals surface area contributed by atoms with Crippen molar-refractivity contribution in [3.05, 3.63) is 39.8 Å². The minimum absolute atomic E-state index is 0.540. The smallest absolute Gasteiger partial charge is 0.146 e. The third-order valence-corrected chi connectivity index (χ3v) is 3.53. The molecule has 0 amide bonds. The zero-order valence-corrected chi connectivity index (χ0v) is 13.2. The third kappa shape index (κ3) is 3.94. The van der Waals surface area contributed by atoms with E-state index in [1.165, 1.54) is 0 Å². The van der Waals surface area contributed by atoms with Crippen LogP contribution in [0.15, 0.2) is 29.0 Å². The maximum atomic E-state index is 5.98. The van der Waals surface area contributed by atoms with Crippen molar-refractivity contribution in [3.63, 3.8) is 0 Å². The second-order valence-electron chi connectivity index (χ2n) is 4.73. The Labute approximate surface area is 126 Å². The van der Waals surface area contributed by atoms with E-state index in [1.54, 1.807) is 6.33 Å². The van der Waals surface area contributed by atoms with E-state index in [0.29, 0.717) is 17.5 Å². The molecule has 1 heterocycles. The molecule has 0 spiro atoms. The summed E-state index contributed by atoms with van der Waals surface area (Å²) in [6, 6.07) is 5.65. The van der Waals surface area contributed by atoms with Gasteiger partial charge in [-0.15, -0.1) is 0 Å². The average molecular weight is 344 g/mol. The molecule has 0 saturated carbocycles. The predicted octanol–water partition coefficient (Wildman–Crippen LogP) is 3.96. The van der Waals surface area contributed by atoms with Crippen molar-refractivity contribution < 1.29 is 0 Å². The molecule has 0 aliphatic heterocycles. The van der Waals surface area contributed by atoms with Gasteiger partial charge in [0.15, 0.2) is 0 Å². The standard InChI is InChI=1S/C13H16BrClN4/c1-9(2)7-19-13(17-8-18-19)6-16-12-5-10(15)3-4-11(12)14/h3-5,8-9,16H,6-7H2,1-2H3. The van der Waals surface area contributed by atoms with E-state index in [1.807, 2.05) is 22.9 Å². The van der Waals surface area contributed by atoms with Crippen LogP contribution in [0, 0.1) is 5.92 Å². The Morgan fingerprint density at radius 1 is 1.42 bits per heavy atom. The second kappa shape index (κ2) is 6.39. The van der Waals surface area contributed by atoms with Crippen LogP contribution in [-0.4, -0.2) is 14.8 Å². The van der Waals surface area contributed by atoms with Crippen molar-refractivity contribution in [1.29, 1.82) is 0 Å². The lowest BCUT2D eigenvalue weighted by molar-refractivity contribution is 0.468. The number of hydrogen-bond acceptors (Lipinski definition) is 3. The van der Waals surface area contributed by atoms with Crippen LogP contribution in [0.4, 0.5) is 5.69 Å². The number of nitrogens with zero attached hydrogens (tertiary/aromatic N) is 3. The number of aromatic nitrogens is 3. The fourth-order valence-electron chi connectivity index (χ4n) is 1.73. The van der Waals surface area contributed by atoms with E-state index in [-0.39, 0.29) is 0 Å². The third-order valence-electron chi connectivity index (χ3n) is 2.60. The van der Waals surface area contributed by atoms with Gasteiger partial charge in [0.1, 0.15) is 12.2 Å². The van der Waals surface area contributed by atoms with Gasteiger partial charge in [0.05, 0.1) is 12.2 Å². The number of nitrogens with one attached hydrogen (secondary N) is 1. The van der Waals surface area contributed by atoms with Crippen LogP contribution in [0.3, 0.4) is 0 Å². The molecule has 1 N–H and O–H groups in total. The van der Waals surface area contributed by atoms with E-state index in [0.717, 1.165) is 22.5 Å². The first-order valence-electron chi connectivity index (χ1n) is 6.12. The minimum Gasteiger partial charge on any atom is -0.377 e. The lowest BCUT2D eigenvalue weighted by Gasteiger charge is -2.11. The molecule has 0 saturated heterocycles. The monoisotopic (exact) mass is 342 g/mol. The Morgan fingerprint density at radius 3 is 2.95 bits per heavy atom. The number of rotatable bonds is 5. The first-order chi connectivity index (χ1) is 9.06. The molecule has 2 rings (SSSR count). The van der Waals surface area contributed by atoms with Gasteiger partial charge in [-0.05, 0) is 40.0 Å². The molecule has 0 bridgehead atoms. The summed E-state index contributed by atoms with van der Waals surface area (Å²) < 4.78 is 2.91. The first-order valence-corrected chi connectivity index (χ1v) is 7.29. The fraction of sp³-hybridized carbons (Fsp3) is 0.385. The van der Waals surface area contributed by atoms with Crippen molar-refractivity contribution in [3.8, 4) is 0 Å². The van der Waals surface area contributed by atoms with Gasteiger partial charge in [0.25, 0.3) is 0 Å². The molecule has 0 radical (unpaired) electrons. The van der Waals surface area contributed by atoms with Crippen molar-refractivity contribution in [2.45, 2.75) is 26.9 Å². The average Bonchev–Trinajstić information content (AvgIpc) is 2.77. The summed E-state index contributed by atoms with van der Waals surface area (Å²) in [5, 5.41) is 8.25. The van der Waals surface area contributed by atoms with Gasteiger partial charge >= 0.3 is 0 Å². The summed E-state index contributed by atoms with van der Waals surface area (Å²) in [6.45, 7) is 5.80. The summed E-state index contributed by atoms with van der Waals surface area (Å²) >= 11 is 9.47. The summed E-state index contributed by atoms with van der Waals surface area (Å²) in [5.74, 6) is 1.46. The molecule has 0 fully saturated rings. The first kappa shape index (κ1) is 14.3. The molecule has 0 aliphatic rings. The van der Waals surface area contributed by atoms with Crippen LogP contribution < -0.4 is 5.32 Å². The van der Waals surface area contributed by atoms with E-state index >= 15 is 0 Å². The van der Waals surface area contributed by atoms with Gasteiger partial charge in [0.2, 0.25) is 0 Å². The van der Waals surface area contributed by atoms with E-state index < -0.39 is 0 Å². The van der Waals surface area contributed by atoms with Crippen LogP contribution in [0.5, 0.6) is 0 Å². The maximum Gasteiger partial charge on any atom is 0.146 e. The summed E-state index contributed by atoms with van der Waals surface area (Å²) in [4.78, 5) is 4.28. The Bertz CT molecular complexity index is 553. The summed E-state index contributed by atoms with van der Waals surface area (Å²) in [7, 11) is 0. The zero-order valence-electron chi connectivity index (χ0n) is 10.9. The predicted molar refractivity (Wildman–Crippen MR) is 81.3 cm³/mol. The number of anilines is 1. The zero-order chi connectivity index (χ0) is 13.8. The highest BCUT2D eigenvalue weighted by atomic mass is 79.9. The maximum absolute atomic E-state index is 5.98. The molecule has 1 aromatic carbocycles. The highest BCUT2D eigenvalue weighted by Crippen LogP contribution is 2.26. The van der Waals surface area contributed by atoms with Crippen LogP contribution >= 0.6 is 27.5 Å².